The van der Waals surface area contributed by atoms with Crippen molar-refractivity contribution in [3.05, 3.63) is 71.2 Å². The van der Waals surface area contributed by atoms with Crippen LogP contribution in [0.3, 0.4) is 0 Å². The Morgan fingerprint density at radius 3 is 2.19 bits per heavy atom. The number of amides is 1. The van der Waals surface area contributed by atoms with E-state index >= 15 is 0 Å². The minimum absolute atomic E-state index is 0.139. The molecule has 1 heterocycles. The number of carbonyl (C=O) groups excluding carboxylic acids is 1. The largest absolute Gasteiger partial charge is 0.322 e. The molecule has 1 N–H and O–H groups in total. The van der Waals surface area contributed by atoms with Crippen molar-refractivity contribution in [2.75, 3.05) is 5.32 Å². The van der Waals surface area contributed by atoms with Gasteiger partial charge in [-0.1, -0.05) is 15.9 Å². The fourth-order valence-electron chi connectivity index (χ4n) is 1.86. The van der Waals surface area contributed by atoms with Gasteiger partial charge in [0.15, 0.2) is 0 Å². The predicted octanol–water partition coefficient (Wildman–Crippen LogP) is 3.28. The predicted molar refractivity (Wildman–Crippen MR) is 83.5 cm³/mol. The lowest BCUT2D eigenvalue weighted by Gasteiger charge is -2.07. The number of benzene rings is 2. The average Bonchev–Trinajstić information content (AvgIpc) is 3.03. The highest BCUT2D eigenvalue weighted by Crippen LogP contribution is 2.15. The summed E-state index contributed by atoms with van der Waals surface area (Å²) in [5, 5.41) is 10.4. The molecule has 1 amide bonds. The van der Waals surface area contributed by atoms with Crippen molar-refractivity contribution < 1.29 is 4.79 Å². The highest BCUT2D eigenvalue weighted by atomic mass is 79.9. The van der Waals surface area contributed by atoms with Crippen LogP contribution >= 0.6 is 15.9 Å². The van der Waals surface area contributed by atoms with Crippen molar-refractivity contribution in [1.29, 1.82) is 0 Å². The van der Waals surface area contributed by atoms with E-state index in [-0.39, 0.29) is 5.91 Å². The number of halogens is 1. The Kier molecular flexibility index (Phi) is 3.79. The van der Waals surface area contributed by atoms with Gasteiger partial charge in [0.05, 0.1) is 0 Å². The number of rotatable bonds is 3. The first-order valence-corrected chi connectivity index (χ1v) is 7.04. The third-order valence-electron chi connectivity index (χ3n) is 2.95. The first-order chi connectivity index (χ1) is 10.2. The van der Waals surface area contributed by atoms with Gasteiger partial charge in [-0.3, -0.25) is 9.36 Å². The third-order valence-corrected chi connectivity index (χ3v) is 3.48. The van der Waals surface area contributed by atoms with Gasteiger partial charge in [0, 0.05) is 21.4 Å². The number of anilines is 1. The molecule has 0 saturated heterocycles. The molecule has 104 valence electrons. The van der Waals surface area contributed by atoms with Gasteiger partial charge in [0.2, 0.25) is 0 Å². The molecule has 0 aliphatic carbocycles. The summed E-state index contributed by atoms with van der Waals surface area (Å²) in [5.41, 5.74) is 2.28. The van der Waals surface area contributed by atoms with Crippen LogP contribution < -0.4 is 5.32 Å². The molecule has 0 radical (unpaired) electrons. The van der Waals surface area contributed by atoms with Crippen LogP contribution in [0.15, 0.2) is 65.7 Å². The maximum atomic E-state index is 12.1. The lowest BCUT2D eigenvalue weighted by molar-refractivity contribution is 0.102. The molecule has 0 aliphatic heterocycles. The van der Waals surface area contributed by atoms with E-state index in [0.29, 0.717) is 5.56 Å². The zero-order chi connectivity index (χ0) is 14.7. The van der Waals surface area contributed by atoms with Crippen LogP contribution in [0.25, 0.3) is 5.69 Å². The Morgan fingerprint density at radius 2 is 1.57 bits per heavy atom. The molecular formula is C15H11BrN4O. The molecule has 0 spiro atoms. The maximum absolute atomic E-state index is 12.1. The Morgan fingerprint density at radius 1 is 0.952 bits per heavy atom. The van der Waals surface area contributed by atoms with Gasteiger partial charge in [0.1, 0.15) is 12.7 Å². The van der Waals surface area contributed by atoms with Crippen LogP contribution in [0, 0.1) is 0 Å². The number of nitrogens with one attached hydrogen (secondary N) is 1. The van der Waals surface area contributed by atoms with E-state index < -0.39 is 0 Å². The molecule has 0 bridgehead atoms. The number of aromatic nitrogens is 3. The number of nitrogens with zero attached hydrogens (tertiary/aromatic N) is 3. The lowest BCUT2D eigenvalue weighted by Crippen LogP contribution is -2.11. The molecule has 0 atom stereocenters. The Balaban J connectivity index is 1.73. The second kappa shape index (κ2) is 5.88. The highest BCUT2D eigenvalue weighted by Gasteiger charge is 2.06. The monoisotopic (exact) mass is 342 g/mol. The summed E-state index contributed by atoms with van der Waals surface area (Å²) in [6.07, 6.45) is 3.24. The Bertz CT molecular complexity index is 736. The topological polar surface area (TPSA) is 59.8 Å². The molecule has 5 nitrogen and oxygen atoms in total. The summed E-state index contributed by atoms with van der Waals surface area (Å²) in [6.45, 7) is 0. The fraction of sp³-hybridized carbons (Fsp3) is 0. The quantitative estimate of drug-likeness (QED) is 0.794. The zero-order valence-electron chi connectivity index (χ0n) is 10.9. The normalized spacial score (nSPS) is 10.3. The second-order valence-electron chi connectivity index (χ2n) is 4.38. The zero-order valence-corrected chi connectivity index (χ0v) is 12.5. The first-order valence-electron chi connectivity index (χ1n) is 6.24. The van der Waals surface area contributed by atoms with Crippen LogP contribution in [0.2, 0.25) is 0 Å². The summed E-state index contributed by atoms with van der Waals surface area (Å²) in [7, 11) is 0. The molecule has 3 rings (SSSR count). The number of carbonyl (C=O) groups is 1. The molecule has 21 heavy (non-hydrogen) atoms. The van der Waals surface area contributed by atoms with Crippen molar-refractivity contribution in [1.82, 2.24) is 14.8 Å². The fourth-order valence-corrected chi connectivity index (χ4v) is 2.12. The second-order valence-corrected chi connectivity index (χ2v) is 5.29. The van der Waals surface area contributed by atoms with Gasteiger partial charge in [-0.2, -0.15) is 0 Å². The summed E-state index contributed by atoms with van der Waals surface area (Å²) in [5.74, 6) is -0.139. The minimum Gasteiger partial charge on any atom is -0.322 e. The molecular weight excluding hydrogens is 332 g/mol. The molecule has 0 unspecified atom stereocenters. The smallest absolute Gasteiger partial charge is 0.255 e. The maximum Gasteiger partial charge on any atom is 0.255 e. The van der Waals surface area contributed by atoms with Gasteiger partial charge in [0.25, 0.3) is 5.91 Å². The lowest BCUT2D eigenvalue weighted by atomic mass is 10.2. The van der Waals surface area contributed by atoms with Crippen LogP contribution in [0.4, 0.5) is 5.69 Å². The summed E-state index contributed by atoms with van der Waals surface area (Å²) in [6, 6.07) is 14.7. The molecule has 0 fully saturated rings. The van der Waals surface area contributed by atoms with Crippen molar-refractivity contribution in [2.45, 2.75) is 0 Å². The van der Waals surface area contributed by atoms with E-state index in [1.54, 1.807) is 29.4 Å². The van der Waals surface area contributed by atoms with E-state index in [1.165, 1.54) is 0 Å². The van der Waals surface area contributed by atoms with Crippen LogP contribution in [-0.2, 0) is 0 Å². The number of hydrogen-bond donors (Lipinski definition) is 1. The molecule has 0 aliphatic rings. The van der Waals surface area contributed by atoms with Crippen molar-refractivity contribution >= 4 is 27.5 Å². The Hall–Kier alpha value is -2.47. The molecule has 0 saturated carbocycles. The molecule has 6 heteroatoms. The van der Waals surface area contributed by atoms with Gasteiger partial charge >= 0.3 is 0 Å². The summed E-state index contributed by atoms with van der Waals surface area (Å²) >= 11 is 3.34. The van der Waals surface area contributed by atoms with E-state index in [2.05, 4.69) is 31.4 Å². The average molecular weight is 343 g/mol. The highest BCUT2D eigenvalue weighted by molar-refractivity contribution is 9.10. The standard InChI is InChI=1S/C15H11BrN4O/c16-12-3-1-11(2-4-12)15(21)19-13-5-7-14(8-6-13)20-9-17-18-10-20/h1-10H,(H,19,21). The third kappa shape index (κ3) is 3.17. The van der Waals surface area contributed by atoms with Gasteiger partial charge in [-0.05, 0) is 48.5 Å². The minimum atomic E-state index is -0.139. The molecule has 2 aromatic carbocycles. The number of hydrogen-bond acceptors (Lipinski definition) is 3. The van der Waals surface area contributed by atoms with Crippen molar-refractivity contribution in [3.63, 3.8) is 0 Å². The Labute approximate surface area is 129 Å². The van der Waals surface area contributed by atoms with E-state index in [9.17, 15) is 4.79 Å². The first kappa shape index (κ1) is 13.5. The van der Waals surface area contributed by atoms with Gasteiger partial charge in [-0.15, -0.1) is 10.2 Å². The van der Waals surface area contributed by atoms with Crippen LogP contribution in [0.1, 0.15) is 10.4 Å². The molecule has 3 aromatic rings. The van der Waals surface area contributed by atoms with E-state index in [0.717, 1.165) is 15.8 Å². The molecule has 1 aromatic heterocycles. The van der Waals surface area contributed by atoms with Crippen molar-refractivity contribution in [3.8, 4) is 5.69 Å². The van der Waals surface area contributed by atoms with E-state index in [1.807, 2.05) is 36.4 Å². The summed E-state index contributed by atoms with van der Waals surface area (Å²) < 4.78 is 2.73. The summed E-state index contributed by atoms with van der Waals surface area (Å²) in [4.78, 5) is 12.1. The van der Waals surface area contributed by atoms with Crippen molar-refractivity contribution in [2.24, 2.45) is 0 Å². The van der Waals surface area contributed by atoms with Crippen LogP contribution in [0.5, 0.6) is 0 Å². The van der Waals surface area contributed by atoms with Crippen LogP contribution in [-0.4, -0.2) is 20.7 Å². The van der Waals surface area contributed by atoms with E-state index in [4.69, 9.17) is 0 Å². The van der Waals surface area contributed by atoms with Gasteiger partial charge < -0.3 is 5.32 Å². The SMILES string of the molecule is O=C(Nc1ccc(-n2cnnc2)cc1)c1ccc(Br)cc1. The van der Waals surface area contributed by atoms with Gasteiger partial charge in [-0.25, -0.2) is 0 Å².